The highest BCUT2D eigenvalue weighted by Gasteiger charge is 2.13. The van der Waals surface area contributed by atoms with Crippen LogP contribution in [0.15, 0.2) is 18.2 Å². The average molecular weight is 239 g/mol. The van der Waals surface area contributed by atoms with Crippen LogP contribution in [0, 0.1) is 6.92 Å². The number of nitrogen functional groups attached to an aromatic ring is 1. The normalized spacial score (nSPS) is 10.1. The molecule has 1 aromatic carbocycles. The van der Waals surface area contributed by atoms with E-state index >= 15 is 0 Å². The lowest BCUT2D eigenvalue weighted by atomic mass is 10.1. The monoisotopic (exact) mass is 239 g/mol. The Morgan fingerprint density at radius 1 is 1.50 bits per heavy atom. The van der Waals surface area contributed by atoms with Crippen LogP contribution >= 0.6 is 11.8 Å². The van der Waals surface area contributed by atoms with E-state index in [2.05, 4.69) is 0 Å². The lowest BCUT2D eigenvalue weighted by molar-refractivity contribution is 0.0507. The number of anilines is 1. The second-order valence-electron chi connectivity index (χ2n) is 3.52. The molecule has 1 aromatic rings. The summed E-state index contributed by atoms with van der Waals surface area (Å²) < 4.78 is 5.16. The Bertz CT molecular complexity index is 346. The topological polar surface area (TPSA) is 52.3 Å². The van der Waals surface area contributed by atoms with Gasteiger partial charge in [-0.15, -0.1) is 0 Å². The molecule has 0 radical (unpaired) electrons. The molecule has 0 fully saturated rings. The highest BCUT2D eigenvalue weighted by molar-refractivity contribution is 7.98. The fourth-order valence-electron chi connectivity index (χ4n) is 1.41. The summed E-state index contributed by atoms with van der Waals surface area (Å²) in [6.07, 6.45) is 2.90. The van der Waals surface area contributed by atoms with E-state index in [9.17, 15) is 4.79 Å². The molecule has 0 atom stereocenters. The Balaban J connectivity index is 2.59. The lowest BCUT2D eigenvalue weighted by Crippen LogP contribution is -2.11. The average Bonchev–Trinajstić information content (AvgIpc) is 2.24. The maximum absolute atomic E-state index is 11.7. The van der Waals surface area contributed by atoms with Gasteiger partial charge in [-0.2, -0.15) is 11.8 Å². The molecule has 0 aliphatic heterocycles. The van der Waals surface area contributed by atoms with Crippen LogP contribution in [0.3, 0.4) is 0 Å². The molecular formula is C12H17NO2S. The van der Waals surface area contributed by atoms with E-state index in [0.29, 0.717) is 17.9 Å². The molecule has 0 bridgehead atoms. The van der Waals surface area contributed by atoms with E-state index in [0.717, 1.165) is 17.7 Å². The first-order chi connectivity index (χ1) is 7.66. The van der Waals surface area contributed by atoms with Crippen LogP contribution in [0.2, 0.25) is 0 Å². The maximum Gasteiger partial charge on any atom is 0.340 e. The first kappa shape index (κ1) is 12.9. The first-order valence-electron chi connectivity index (χ1n) is 5.18. The summed E-state index contributed by atoms with van der Waals surface area (Å²) in [6.45, 7) is 2.31. The summed E-state index contributed by atoms with van der Waals surface area (Å²) >= 11 is 1.74. The quantitative estimate of drug-likeness (QED) is 0.487. The van der Waals surface area contributed by atoms with Crippen molar-refractivity contribution >= 4 is 23.4 Å². The van der Waals surface area contributed by atoms with Crippen LogP contribution in [0.25, 0.3) is 0 Å². The molecule has 3 nitrogen and oxygen atoms in total. The number of rotatable bonds is 5. The van der Waals surface area contributed by atoms with Gasteiger partial charge in [0, 0.05) is 5.69 Å². The van der Waals surface area contributed by atoms with E-state index in [4.69, 9.17) is 10.5 Å². The summed E-state index contributed by atoms with van der Waals surface area (Å²) in [5.41, 5.74) is 7.58. The molecule has 2 N–H and O–H groups in total. The molecule has 0 aromatic heterocycles. The van der Waals surface area contributed by atoms with E-state index in [1.807, 2.05) is 25.3 Å². The summed E-state index contributed by atoms with van der Waals surface area (Å²) in [5.74, 6) is 0.674. The zero-order valence-electron chi connectivity index (χ0n) is 9.66. The highest BCUT2D eigenvalue weighted by atomic mass is 32.2. The number of carbonyl (C=O) groups excluding carboxylic acids is 1. The number of ether oxygens (including phenoxy) is 1. The van der Waals surface area contributed by atoms with Gasteiger partial charge in [-0.3, -0.25) is 0 Å². The molecule has 0 aliphatic carbocycles. The summed E-state index contributed by atoms with van der Waals surface area (Å²) in [5, 5.41) is 0. The Morgan fingerprint density at radius 2 is 2.25 bits per heavy atom. The van der Waals surface area contributed by atoms with Crippen LogP contribution in [0.5, 0.6) is 0 Å². The Labute approximate surface area is 100 Å². The molecule has 0 amide bonds. The number of carbonyl (C=O) groups is 1. The standard InChI is InChI=1S/C12H17NO2S/c1-9-5-3-6-10(13)11(9)12(14)15-7-4-8-16-2/h3,5-6H,4,7-8,13H2,1-2H3. The van der Waals surface area contributed by atoms with Crippen LogP contribution in [-0.2, 0) is 4.74 Å². The van der Waals surface area contributed by atoms with Crippen molar-refractivity contribution in [1.29, 1.82) is 0 Å². The predicted octanol–water partition coefficient (Wildman–Crippen LogP) is 2.49. The van der Waals surface area contributed by atoms with Crippen molar-refractivity contribution in [3.05, 3.63) is 29.3 Å². The zero-order chi connectivity index (χ0) is 12.0. The van der Waals surface area contributed by atoms with Gasteiger partial charge in [-0.1, -0.05) is 12.1 Å². The van der Waals surface area contributed by atoms with Gasteiger partial charge in [0.1, 0.15) is 0 Å². The third-order valence-electron chi connectivity index (χ3n) is 2.24. The van der Waals surface area contributed by atoms with Gasteiger partial charge in [0.25, 0.3) is 0 Å². The van der Waals surface area contributed by atoms with E-state index < -0.39 is 0 Å². The number of hydrogen-bond acceptors (Lipinski definition) is 4. The summed E-state index contributed by atoms with van der Waals surface area (Å²) in [7, 11) is 0. The molecular weight excluding hydrogens is 222 g/mol. The lowest BCUT2D eigenvalue weighted by Gasteiger charge is -2.09. The van der Waals surface area contributed by atoms with Crippen LogP contribution < -0.4 is 5.73 Å². The molecule has 0 unspecified atom stereocenters. The van der Waals surface area contributed by atoms with Crippen LogP contribution in [0.4, 0.5) is 5.69 Å². The van der Waals surface area contributed by atoms with Gasteiger partial charge >= 0.3 is 5.97 Å². The minimum Gasteiger partial charge on any atom is -0.462 e. The van der Waals surface area contributed by atoms with Gasteiger partial charge < -0.3 is 10.5 Å². The number of nitrogens with two attached hydrogens (primary N) is 1. The molecule has 1 rings (SSSR count). The Hall–Kier alpha value is -1.16. The van der Waals surface area contributed by atoms with Gasteiger partial charge in [0.2, 0.25) is 0 Å². The Kier molecular flexibility index (Phi) is 5.19. The van der Waals surface area contributed by atoms with Crippen molar-refractivity contribution in [1.82, 2.24) is 0 Å². The third-order valence-corrected chi connectivity index (χ3v) is 2.93. The SMILES string of the molecule is CSCCCOC(=O)c1c(C)cccc1N. The van der Waals surface area contributed by atoms with E-state index in [1.165, 1.54) is 0 Å². The molecule has 0 aliphatic rings. The van der Waals surface area contributed by atoms with Gasteiger partial charge in [-0.25, -0.2) is 4.79 Å². The van der Waals surface area contributed by atoms with Crippen molar-refractivity contribution < 1.29 is 9.53 Å². The molecule has 0 spiro atoms. The second kappa shape index (κ2) is 6.43. The summed E-state index contributed by atoms with van der Waals surface area (Å²) in [4.78, 5) is 11.7. The molecule has 88 valence electrons. The predicted molar refractivity (Wildman–Crippen MR) is 68.9 cm³/mol. The summed E-state index contributed by atoms with van der Waals surface area (Å²) in [6, 6.07) is 5.40. The molecule has 4 heteroatoms. The van der Waals surface area contributed by atoms with Crippen molar-refractivity contribution in [2.45, 2.75) is 13.3 Å². The number of esters is 1. The van der Waals surface area contributed by atoms with Crippen molar-refractivity contribution in [3.8, 4) is 0 Å². The van der Waals surface area contributed by atoms with E-state index in [-0.39, 0.29) is 5.97 Å². The molecule has 0 saturated heterocycles. The van der Waals surface area contributed by atoms with Gasteiger partial charge in [0.15, 0.2) is 0 Å². The number of benzene rings is 1. The largest absolute Gasteiger partial charge is 0.462 e. The second-order valence-corrected chi connectivity index (χ2v) is 4.51. The molecule has 0 heterocycles. The van der Waals surface area contributed by atoms with Gasteiger partial charge in [-0.05, 0) is 37.0 Å². The van der Waals surface area contributed by atoms with Crippen molar-refractivity contribution in [2.75, 3.05) is 24.3 Å². The minimum absolute atomic E-state index is 0.322. The maximum atomic E-state index is 11.7. The van der Waals surface area contributed by atoms with Crippen molar-refractivity contribution in [2.24, 2.45) is 0 Å². The van der Waals surface area contributed by atoms with Gasteiger partial charge in [0.05, 0.1) is 12.2 Å². The fraction of sp³-hybridized carbons (Fsp3) is 0.417. The number of hydrogen-bond donors (Lipinski definition) is 1. The number of thioether (sulfide) groups is 1. The minimum atomic E-state index is -0.322. The van der Waals surface area contributed by atoms with E-state index in [1.54, 1.807) is 17.8 Å². The highest BCUT2D eigenvalue weighted by Crippen LogP contribution is 2.17. The zero-order valence-corrected chi connectivity index (χ0v) is 10.5. The van der Waals surface area contributed by atoms with Crippen molar-refractivity contribution in [3.63, 3.8) is 0 Å². The van der Waals surface area contributed by atoms with Crippen LogP contribution in [-0.4, -0.2) is 24.6 Å². The molecule has 16 heavy (non-hydrogen) atoms. The third kappa shape index (κ3) is 3.45. The first-order valence-corrected chi connectivity index (χ1v) is 6.57. The van der Waals surface area contributed by atoms with Crippen LogP contribution in [0.1, 0.15) is 22.3 Å². The Morgan fingerprint density at radius 3 is 2.88 bits per heavy atom. The number of aryl methyl sites for hydroxylation is 1. The smallest absolute Gasteiger partial charge is 0.340 e. The molecule has 0 saturated carbocycles. The fourth-order valence-corrected chi connectivity index (χ4v) is 1.82.